The number of nitrogens with zero attached hydrogens (tertiary/aromatic N) is 3. The summed E-state index contributed by atoms with van der Waals surface area (Å²) in [6.07, 6.45) is 3.43. The molecule has 6 aromatic rings. The van der Waals surface area contributed by atoms with Gasteiger partial charge in [0, 0.05) is 33.5 Å². The average molecular weight is 415 g/mol. The van der Waals surface area contributed by atoms with Crippen molar-refractivity contribution in [1.29, 1.82) is 0 Å². The van der Waals surface area contributed by atoms with Crippen molar-refractivity contribution in [2.75, 3.05) is 0 Å². The summed E-state index contributed by atoms with van der Waals surface area (Å²) in [5.41, 5.74) is 7.74. The zero-order valence-electron chi connectivity index (χ0n) is 17.9. The van der Waals surface area contributed by atoms with Crippen LogP contribution in [0.2, 0.25) is 0 Å². The van der Waals surface area contributed by atoms with Gasteiger partial charge in [-0.05, 0) is 41.8 Å². The maximum atomic E-state index is 6.50. The van der Waals surface area contributed by atoms with E-state index in [-0.39, 0.29) is 0 Å². The van der Waals surface area contributed by atoms with Gasteiger partial charge in [0.05, 0.1) is 16.9 Å². The first kappa shape index (κ1) is 18.7. The van der Waals surface area contributed by atoms with Gasteiger partial charge in [-0.2, -0.15) is 0 Å². The third-order valence-electron chi connectivity index (χ3n) is 6.03. The molecule has 0 saturated carbocycles. The highest BCUT2D eigenvalue weighted by molar-refractivity contribution is 6.12. The lowest BCUT2D eigenvalue weighted by atomic mass is 9.99. The number of pyridine rings is 1. The molecule has 154 valence electrons. The minimum atomic E-state index is 0.382. The Kier molecular flexibility index (Phi) is 4.25. The number of benzene rings is 3. The Labute approximate surface area is 185 Å². The third kappa shape index (κ3) is 2.88. The van der Waals surface area contributed by atoms with E-state index in [1.54, 1.807) is 12.5 Å². The molecule has 0 spiro atoms. The summed E-state index contributed by atoms with van der Waals surface area (Å²) in [6, 6.07) is 24.8. The minimum absolute atomic E-state index is 0.382. The van der Waals surface area contributed by atoms with Gasteiger partial charge < -0.3 is 4.42 Å². The summed E-state index contributed by atoms with van der Waals surface area (Å²) in [4.78, 5) is 13.7. The largest absolute Gasteiger partial charge is 0.455 e. The second-order valence-corrected chi connectivity index (χ2v) is 8.33. The summed E-state index contributed by atoms with van der Waals surface area (Å²) in [5.74, 6) is 0.382. The van der Waals surface area contributed by atoms with Gasteiger partial charge in [0.2, 0.25) is 0 Å². The quantitative estimate of drug-likeness (QED) is 0.302. The topological polar surface area (TPSA) is 51.8 Å². The minimum Gasteiger partial charge on any atom is -0.455 e. The number of fused-ring (bicyclic) bond motifs is 4. The van der Waals surface area contributed by atoms with E-state index in [0.717, 1.165) is 55.4 Å². The predicted molar refractivity (Wildman–Crippen MR) is 130 cm³/mol. The van der Waals surface area contributed by atoms with Gasteiger partial charge in [-0.25, -0.2) is 9.97 Å². The molecule has 0 unspecified atom stereocenters. The molecule has 0 aliphatic rings. The van der Waals surface area contributed by atoms with E-state index in [1.807, 2.05) is 18.2 Å². The fraction of sp³-hybridized carbons (Fsp3) is 0.107. The Morgan fingerprint density at radius 1 is 0.719 bits per heavy atom. The molecular weight excluding hydrogens is 394 g/mol. The van der Waals surface area contributed by atoms with Crippen LogP contribution in [0.15, 0.2) is 89.7 Å². The van der Waals surface area contributed by atoms with Crippen molar-refractivity contribution in [2.24, 2.45) is 0 Å². The van der Waals surface area contributed by atoms with Crippen LogP contribution in [-0.2, 0) is 0 Å². The van der Waals surface area contributed by atoms with Crippen molar-refractivity contribution in [1.82, 2.24) is 15.0 Å². The summed E-state index contributed by atoms with van der Waals surface area (Å²) in [7, 11) is 0. The molecule has 0 atom stereocenters. The Hall–Kier alpha value is -4.05. The van der Waals surface area contributed by atoms with Crippen LogP contribution in [0.5, 0.6) is 0 Å². The van der Waals surface area contributed by atoms with Crippen LogP contribution in [0.3, 0.4) is 0 Å². The van der Waals surface area contributed by atoms with Crippen molar-refractivity contribution >= 4 is 32.8 Å². The maximum Gasteiger partial charge on any atom is 0.144 e. The molecule has 3 aromatic carbocycles. The van der Waals surface area contributed by atoms with Gasteiger partial charge in [0.1, 0.15) is 17.5 Å². The lowest BCUT2D eigenvalue weighted by Crippen LogP contribution is -1.91. The fourth-order valence-electron chi connectivity index (χ4n) is 4.45. The SMILES string of the molecule is CC(C)c1cccc2c1oc1c(-c3ncnc4cc(-c5ccccn5)ccc34)cccc12. The van der Waals surface area contributed by atoms with Crippen LogP contribution >= 0.6 is 0 Å². The average Bonchev–Trinajstić information content (AvgIpc) is 3.23. The zero-order chi connectivity index (χ0) is 21.7. The van der Waals surface area contributed by atoms with Crippen molar-refractivity contribution < 1.29 is 4.42 Å². The standard InChI is InChI=1S/C28H21N3O/c1-17(2)19-7-5-8-20-21-9-6-10-23(28(21)32-27(19)20)26-22-13-12-18(15-25(22)30-16-31-26)24-11-3-4-14-29-24/h3-17H,1-2H3. The van der Waals surface area contributed by atoms with Crippen molar-refractivity contribution in [3.8, 4) is 22.5 Å². The molecule has 0 radical (unpaired) electrons. The molecule has 6 rings (SSSR count). The molecule has 0 fully saturated rings. The zero-order valence-corrected chi connectivity index (χ0v) is 17.9. The first-order valence-electron chi connectivity index (χ1n) is 10.8. The summed E-state index contributed by atoms with van der Waals surface area (Å²) >= 11 is 0. The van der Waals surface area contributed by atoms with E-state index in [9.17, 15) is 0 Å². The van der Waals surface area contributed by atoms with Gasteiger partial charge in [-0.1, -0.05) is 56.3 Å². The Bertz CT molecular complexity index is 1600. The number of rotatable bonds is 3. The Morgan fingerprint density at radius 3 is 2.38 bits per heavy atom. The second-order valence-electron chi connectivity index (χ2n) is 8.33. The van der Waals surface area contributed by atoms with Crippen molar-refractivity contribution in [3.63, 3.8) is 0 Å². The molecule has 4 heteroatoms. The molecule has 3 heterocycles. The van der Waals surface area contributed by atoms with E-state index in [2.05, 4.69) is 83.4 Å². The second kappa shape index (κ2) is 7.27. The van der Waals surface area contributed by atoms with Crippen molar-refractivity contribution in [3.05, 3.63) is 90.9 Å². The number of hydrogen-bond donors (Lipinski definition) is 0. The number of para-hydroxylation sites is 2. The van der Waals surface area contributed by atoms with Crippen LogP contribution in [0, 0.1) is 0 Å². The Morgan fingerprint density at radius 2 is 1.56 bits per heavy atom. The highest BCUT2D eigenvalue weighted by Gasteiger charge is 2.18. The molecule has 0 amide bonds. The molecule has 32 heavy (non-hydrogen) atoms. The van der Waals surface area contributed by atoms with Gasteiger partial charge in [-0.3, -0.25) is 4.98 Å². The monoisotopic (exact) mass is 415 g/mol. The molecular formula is C28H21N3O. The van der Waals surface area contributed by atoms with Crippen molar-refractivity contribution in [2.45, 2.75) is 19.8 Å². The first-order chi connectivity index (χ1) is 15.7. The fourth-order valence-corrected chi connectivity index (χ4v) is 4.45. The van der Waals surface area contributed by atoms with Gasteiger partial charge in [0.25, 0.3) is 0 Å². The summed E-state index contributed by atoms with van der Waals surface area (Å²) < 4.78 is 6.50. The molecule has 0 saturated heterocycles. The number of furan rings is 1. The van der Waals surface area contributed by atoms with Crippen LogP contribution in [0.25, 0.3) is 55.4 Å². The van der Waals surface area contributed by atoms with Crippen LogP contribution < -0.4 is 0 Å². The highest BCUT2D eigenvalue weighted by atomic mass is 16.3. The number of hydrogen-bond acceptors (Lipinski definition) is 4. The van der Waals surface area contributed by atoms with Crippen LogP contribution in [0.4, 0.5) is 0 Å². The molecule has 0 aliphatic carbocycles. The molecule has 3 aromatic heterocycles. The van der Waals surface area contributed by atoms with Gasteiger partial charge >= 0.3 is 0 Å². The lowest BCUT2D eigenvalue weighted by Gasteiger charge is -2.08. The first-order valence-corrected chi connectivity index (χ1v) is 10.8. The van der Waals surface area contributed by atoms with E-state index in [1.165, 1.54) is 5.56 Å². The van der Waals surface area contributed by atoms with Crippen LogP contribution in [-0.4, -0.2) is 15.0 Å². The smallest absolute Gasteiger partial charge is 0.144 e. The lowest BCUT2D eigenvalue weighted by molar-refractivity contribution is 0.658. The normalized spacial score (nSPS) is 11.7. The van der Waals surface area contributed by atoms with E-state index in [4.69, 9.17) is 4.42 Å². The van der Waals surface area contributed by atoms with E-state index >= 15 is 0 Å². The van der Waals surface area contributed by atoms with E-state index < -0.39 is 0 Å². The molecule has 0 bridgehead atoms. The van der Waals surface area contributed by atoms with Crippen LogP contribution in [0.1, 0.15) is 25.3 Å². The summed E-state index contributed by atoms with van der Waals surface area (Å²) in [5, 5.41) is 3.24. The molecule has 0 N–H and O–H groups in total. The predicted octanol–water partition coefficient (Wildman–Crippen LogP) is 7.38. The van der Waals surface area contributed by atoms with Gasteiger partial charge in [-0.15, -0.1) is 0 Å². The summed E-state index contributed by atoms with van der Waals surface area (Å²) in [6.45, 7) is 4.39. The third-order valence-corrected chi connectivity index (χ3v) is 6.03. The highest BCUT2D eigenvalue weighted by Crippen LogP contribution is 2.39. The molecule has 4 nitrogen and oxygen atoms in total. The Balaban J connectivity index is 1.59. The molecule has 0 aliphatic heterocycles. The van der Waals surface area contributed by atoms with Gasteiger partial charge in [0.15, 0.2) is 0 Å². The maximum absolute atomic E-state index is 6.50. The van der Waals surface area contributed by atoms with E-state index in [0.29, 0.717) is 5.92 Å². The number of aromatic nitrogens is 3.